The van der Waals surface area contributed by atoms with Crippen molar-refractivity contribution in [1.29, 1.82) is 0 Å². The molecule has 0 unspecified atom stereocenters. The molecule has 0 fully saturated rings. The summed E-state index contributed by atoms with van der Waals surface area (Å²) in [5.41, 5.74) is 0.832. The average Bonchev–Trinajstić information content (AvgIpc) is 2.26. The van der Waals surface area contributed by atoms with Crippen molar-refractivity contribution in [2.24, 2.45) is 0 Å². The monoisotopic (exact) mass is 275 g/mol. The van der Waals surface area contributed by atoms with Crippen molar-refractivity contribution in [3.8, 4) is 0 Å². The van der Waals surface area contributed by atoms with E-state index in [2.05, 4.69) is 5.32 Å². The molecule has 1 aromatic carbocycles. The largest absolute Gasteiger partial charge is 0.352 e. The molecule has 0 saturated heterocycles. The second-order valence-electron chi connectivity index (χ2n) is 3.61. The number of hydrogen-bond acceptors (Lipinski definition) is 3. The van der Waals surface area contributed by atoms with Gasteiger partial charge in [0.2, 0.25) is 5.91 Å². The van der Waals surface area contributed by atoms with Crippen LogP contribution in [0.2, 0.25) is 0 Å². The summed E-state index contributed by atoms with van der Waals surface area (Å²) in [6.07, 6.45) is 1.30. The van der Waals surface area contributed by atoms with Gasteiger partial charge in [-0.05, 0) is 24.1 Å². The number of halogens is 1. The van der Waals surface area contributed by atoms with E-state index in [1.165, 1.54) is 12.1 Å². The number of carbonyl (C=O) groups is 1. The van der Waals surface area contributed by atoms with Crippen LogP contribution in [0.25, 0.3) is 0 Å². The first-order chi connectivity index (χ1) is 7.93. The standard InChI is InChI=1S/C11H14ClNO3S/c1-2-3-11(14)13-8-9-4-6-10(7-5-9)17(12,15)16/h4-7H,2-3,8H2,1H3,(H,13,14). The maximum absolute atomic E-state index is 11.2. The first-order valence-electron chi connectivity index (χ1n) is 5.24. The van der Waals surface area contributed by atoms with Crippen LogP contribution in [0.5, 0.6) is 0 Å². The third kappa shape index (κ3) is 4.75. The van der Waals surface area contributed by atoms with E-state index in [1.54, 1.807) is 12.1 Å². The van der Waals surface area contributed by atoms with E-state index in [-0.39, 0.29) is 10.8 Å². The molecule has 0 radical (unpaired) electrons. The van der Waals surface area contributed by atoms with Gasteiger partial charge in [0.25, 0.3) is 9.05 Å². The van der Waals surface area contributed by atoms with E-state index in [4.69, 9.17) is 10.7 Å². The number of carbonyl (C=O) groups excluding carboxylic acids is 1. The molecule has 0 spiro atoms. The summed E-state index contributed by atoms with van der Waals surface area (Å²) >= 11 is 0. The number of benzene rings is 1. The molecule has 0 aliphatic rings. The Morgan fingerprint density at radius 2 is 1.88 bits per heavy atom. The average molecular weight is 276 g/mol. The van der Waals surface area contributed by atoms with E-state index < -0.39 is 9.05 Å². The summed E-state index contributed by atoms with van der Waals surface area (Å²) in [6.45, 7) is 2.32. The van der Waals surface area contributed by atoms with Crippen molar-refractivity contribution in [2.45, 2.75) is 31.2 Å². The quantitative estimate of drug-likeness (QED) is 0.837. The van der Waals surface area contributed by atoms with Gasteiger partial charge in [0.1, 0.15) is 0 Å². The van der Waals surface area contributed by atoms with E-state index in [0.29, 0.717) is 13.0 Å². The van der Waals surface area contributed by atoms with Crippen LogP contribution in [-0.4, -0.2) is 14.3 Å². The predicted molar refractivity (Wildman–Crippen MR) is 66.2 cm³/mol. The van der Waals surface area contributed by atoms with E-state index >= 15 is 0 Å². The maximum Gasteiger partial charge on any atom is 0.261 e. The lowest BCUT2D eigenvalue weighted by Gasteiger charge is -2.04. The van der Waals surface area contributed by atoms with Crippen molar-refractivity contribution in [1.82, 2.24) is 5.32 Å². The van der Waals surface area contributed by atoms with Gasteiger partial charge < -0.3 is 5.32 Å². The normalized spacial score (nSPS) is 11.2. The summed E-state index contributed by atoms with van der Waals surface area (Å²) in [7, 11) is 1.51. The molecule has 4 nitrogen and oxygen atoms in total. The minimum Gasteiger partial charge on any atom is -0.352 e. The molecular weight excluding hydrogens is 262 g/mol. The van der Waals surface area contributed by atoms with Gasteiger partial charge in [0, 0.05) is 23.6 Å². The van der Waals surface area contributed by atoms with Crippen LogP contribution < -0.4 is 5.32 Å². The Hall–Kier alpha value is -1.07. The zero-order valence-electron chi connectivity index (χ0n) is 9.44. The Kier molecular flexibility index (Phi) is 4.96. The summed E-state index contributed by atoms with van der Waals surface area (Å²) in [6, 6.07) is 6.09. The van der Waals surface area contributed by atoms with E-state index in [9.17, 15) is 13.2 Å². The van der Waals surface area contributed by atoms with Crippen LogP contribution in [0, 0.1) is 0 Å². The summed E-state index contributed by atoms with van der Waals surface area (Å²) in [5.74, 6) is -0.0125. The van der Waals surface area contributed by atoms with Gasteiger partial charge in [-0.25, -0.2) is 8.42 Å². The summed E-state index contributed by atoms with van der Waals surface area (Å²) < 4.78 is 22.0. The molecule has 1 aromatic rings. The lowest BCUT2D eigenvalue weighted by atomic mass is 10.2. The van der Waals surface area contributed by atoms with Crippen LogP contribution in [0.1, 0.15) is 25.3 Å². The lowest BCUT2D eigenvalue weighted by molar-refractivity contribution is -0.121. The van der Waals surface area contributed by atoms with Crippen LogP contribution >= 0.6 is 10.7 Å². The smallest absolute Gasteiger partial charge is 0.261 e. The highest BCUT2D eigenvalue weighted by atomic mass is 35.7. The lowest BCUT2D eigenvalue weighted by Crippen LogP contribution is -2.21. The van der Waals surface area contributed by atoms with Crippen LogP contribution in [-0.2, 0) is 20.4 Å². The molecule has 0 bridgehead atoms. The molecule has 6 heteroatoms. The molecule has 1 N–H and O–H groups in total. The van der Waals surface area contributed by atoms with E-state index in [0.717, 1.165) is 12.0 Å². The van der Waals surface area contributed by atoms with Crippen molar-refractivity contribution in [3.05, 3.63) is 29.8 Å². The van der Waals surface area contributed by atoms with Gasteiger partial charge in [-0.1, -0.05) is 19.1 Å². The van der Waals surface area contributed by atoms with Gasteiger partial charge in [0.15, 0.2) is 0 Å². The SMILES string of the molecule is CCCC(=O)NCc1ccc(S(=O)(=O)Cl)cc1. The molecular formula is C11H14ClNO3S. The van der Waals surface area contributed by atoms with Crippen LogP contribution in [0.15, 0.2) is 29.2 Å². The van der Waals surface area contributed by atoms with Gasteiger partial charge in [-0.2, -0.15) is 0 Å². The first kappa shape index (κ1) is 14.0. The molecule has 94 valence electrons. The molecule has 0 heterocycles. The molecule has 1 rings (SSSR count). The molecule has 0 aromatic heterocycles. The molecule has 1 amide bonds. The Morgan fingerprint density at radius 1 is 1.29 bits per heavy atom. The van der Waals surface area contributed by atoms with Gasteiger partial charge in [0.05, 0.1) is 4.90 Å². The topological polar surface area (TPSA) is 63.2 Å². The Bertz CT molecular complexity index is 482. The molecule has 0 aliphatic carbocycles. The number of nitrogens with one attached hydrogen (secondary N) is 1. The minimum atomic E-state index is -3.67. The highest BCUT2D eigenvalue weighted by molar-refractivity contribution is 8.13. The highest BCUT2D eigenvalue weighted by Gasteiger charge is 2.08. The zero-order valence-corrected chi connectivity index (χ0v) is 11.0. The molecule has 17 heavy (non-hydrogen) atoms. The van der Waals surface area contributed by atoms with Crippen molar-refractivity contribution in [2.75, 3.05) is 0 Å². The first-order valence-corrected chi connectivity index (χ1v) is 7.54. The maximum atomic E-state index is 11.2. The van der Waals surface area contributed by atoms with Crippen molar-refractivity contribution >= 4 is 25.6 Å². The summed E-state index contributed by atoms with van der Waals surface area (Å²) in [5, 5.41) is 2.74. The third-order valence-corrected chi connectivity index (χ3v) is 3.54. The number of rotatable bonds is 5. The zero-order chi connectivity index (χ0) is 12.9. The van der Waals surface area contributed by atoms with Crippen LogP contribution in [0.3, 0.4) is 0 Å². The number of amides is 1. The van der Waals surface area contributed by atoms with Gasteiger partial charge in [-0.3, -0.25) is 4.79 Å². The molecule has 0 aliphatic heterocycles. The Morgan fingerprint density at radius 3 is 2.35 bits per heavy atom. The fourth-order valence-electron chi connectivity index (χ4n) is 1.29. The molecule has 0 atom stereocenters. The fourth-order valence-corrected chi connectivity index (χ4v) is 2.06. The number of hydrogen-bond donors (Lipinski definition) is 1. The second kappa shape index (κ2) is 6.02. The van der Waals surface area contributed by atoms with Gasteiger partial charge in [-0.15, -0.1) is 0 Å². The fraction of sp³-hybridized carbons (Fsp3) is 0.364. The van der Waals surface area contributed by atoms with Crippen molar-refractivity contribution in [3.63, 3.8) is 0 Å². The van der Waals surface area contributed by atoms with Crippen molar-refractivity contribution < 1.29 is 13.2 Å². The summed E-state index contributed by atoms with van der Waals surface area (Å²) in [4.78, 5) is 11.3. The Balaban J connectivity index is 2.60. The minimum absolute atomic E-state index is 0.0125. The predicted octanol–water partition coefficient (Wildman–Crippen LogP) is 2.03. The Labute approximate surface area is 105 Å². The van der Waals surface area contributed by atoms with E-state index in [1.807, 2.05) is 6.92 Å². The highest BCUT2D eigenvalue weighted by Crippen LogP contribution is 2.15. The second-order valence-corrected chi connectivity index (χ2v) is 6.17. The van der Waals surface area contributed by atoms with Crippen LogP contribution in [0.4, 0.5) is 0 Å². The third-order valence-electron chi connectivity index (χ3n) is 2.17. The molecule has 0 saturated carbocycles. The van der Waals surface area contributed by atoms with Gasteiger partial charge >= 0.3 is 0 Å².